The predicted octanol–water partition coefficient (Wildman–Crippen LogP) is 6.13. The molecule has 0 unspecified atom stereocenters. The highest BCUT2D eigenvalue weighted by atomic mass is 35.5. The SMILES string of the molecule is N=C1S/C(=C\c2ccc(-c3cc(Cl)ccc3Cl)o2)C(=O)[C@@H]1c1nccs1. The summed E-state index contributed by atoms with van der Waals surface area (Å²) in [5.41, 5.74) is 0.683. The molecule has 1 aliphatic rings. The zero-order valence-corrected chi connectivity index (χ0v) is 16.2. The molecule has 1 atom stereocenters. The largest absolute Gasteiger partial charge is 0.457 e. The van der Waals surface area contributed by atoms with E-state index in [0.29, 0.717) is 37.0 Å². The van der Waals surface area contributed by atoms with Crippen LogP contribution in [-0.4, -0.2) is 15.8 Å². The van der Waals surface area contributed by atoms with Crippen molar-refractivity contribution in [1.82, 2.24) is 4.98 Å². The zero-order valence-electron chi connectivity index (χ0n) is 13.0. The number of carbonyl (C=O) groups is 1. The van der Waals surface area contributed by atoms with Crippen LogP contribution in [0.4, 0.5) is 0 Å². The number of rotatable bonds is 3. The molecule has 1 N–H and O–H groups in total. The van der Waals surface area contributed by atoms with E-state index in [-0.39, 0.29) is 10.8 Å². The van der Waals surface area contributed by atoms with E-state index in [9.17, 15) is 4.79 Å². The third-order valence-corrected chi connectivity index (χ3v) is 6.18. The van der Waals surface area contributed by atoms with Crippen molar-refractivity contribution in [1.29, 1.82) is 5.41 Å². The summed E-state index contributed by atoms with van der Waals surface area (Å²) in [6.07, 6.45) is 3.29. The van der Waals surface area contributed by atoms with Gasteiger partial charge in [-0.15, -0.1) is 11.3 Å². The highest BCUT2D eigenvalue weighted by molar-refractivity contribution is 8.19. The molecule has 3 aromatic rings. The molecule has 26 heavy (non-hydrogen) atoms. The summed E-state index contributed by atoms with van der Waals surface area (Å²) in [6, 6.07) is 8.67. The number of hydrogen-bond acceptors (Lipinski definition) is 6. The molecule has 1 fully saturated rings. The summed E-state index contributed by atoms with van der Waals surface area (Å²) in [5, 5.41) is 11.9. The van der Waals surface area contributed by atoms with E-state index in [1.807, 2.05) is 0 Å². The fourth-order valence-corrected chi connectivity index (χ4v) is 4.75. The minimum Gasteiger partial charge on any atom is -0.457 e. The van der Waals surface area contributed by atoms with Gasteiger partial charge in [0.2, 0.25) is 0 Å². The molecule has 1 saturated heterocycles. The van der Waals surface area contributed by atoms with Crippen LogP contribution in [0.25, 0.3) is 17.4 Å². The molecule has 0 spiro atoms. The molecular weight excluding hydrogens is 411 g/mol. The van der Waals surface area contributed by atoms with Gasteiger partial charge in [-0.3, -0.25) is 10.2 Å². The number of allylic oxidation sites excluding steroid dienone is 1. The number of halogens is 2. The van der Waals surface area contributed by atoms with Gasteiger partial charge in [0.05, 0.1) is 15.0 Å². The van der Waals surface area contributed by atoms with E-state index >= 15 is 0 Å². The van der Waals surface area contributed by atoms with E-state index in [0.717, 1.165) is 11.8 Å². The molecule has 0 aliphatic carbocycles. The molecule has 0 bridgehead atoms. The molecule has 0 saturated carbocycles. The molecule has 130 valence electrons. The van der Waals surface area contributed by atoms with Gasteiger partial charge < -0.3 is 4.42 Å². The van der Waals surface area contributed by atoms with Crippen molar-refractivity contribution in [2.24, 2.45) is 0 Å². The fourth-order valence-electron chi connectivity index (χ4n) is 2.58. The van der Waals surface area contributed by atoms with Gasteiger partial charge in [0.25, 0.3) is 0 Å². The lowest BCUT2D eigenvalue weighted by atomic mass is 10.1. The maximum Gasteiger partial charge on any atom is 0.186 e. The Morgan fingerprint density at radius 1 is 1.23 bits per heavy atom. The standard InChI is InChI=1S/C18H10Cl2N2O2S2/c19-9-1-3-12(20)11(7-9)13-4-2-10(24-13)8-14-16(23)15(17(21)26-14)18-22-5-6-25-18/h1-8,15,21H/b14-8-,21-17?/t15-/m0/s1. The Bertz CT molecular complexity index is 1040. The van der Waals surface area contributed by atoms with E-state index < -0.39 is 5.92 Å². The third kappa shape index (κ3) is 3.25. The van der Waals surface area contributed by atoms with E-state index in [2.05, 4.69) is 4.98 Å². The molecule has 2 aromatic heterocycles. The van der Waals surface area contributed by atoms with E-state index in [1.165, 1.54) is 11.3 Å². The van der Waals surface area contributed by atoms with E-state index in [4.69, 9.17) is 33.0 Å². The molecule has 0 amide bonds. The van der Waals surface area contributed by atoms with Gasteiger partial charge in [-0.2, -0.15) is 0 Å². The smallest absolute Gasteiger partial charge is 0.186 e. The molecule has 8 heteroatoms. The number of nitrogens with one attached hydrogen (secondary N) is 1. The Hall–Kier alpha value is -1.86. The number of ketones is 1. The van der Waals surface area contributed by atoms with E-state index in [1.54, 1.807) is 48.0 Å². The highest BCUT2D eigenvalue weighted by Gasteiger charge is 2.38. The molecule has 4 rings (SSSR count). The number of hydrogen-bond donors (Lipinski definition) is 1. The first kappa shape index (κ1) is 17.5. The number of Topliss-reactive ketones (excluding diaryl/α,β-unsaturated/α-hetero) is 1. The highest BCUT2D eigenvalue weighted by Crippen LogP contribution is 2.41. The Labute approximate surface area is 167 Å². The van der Waals surface area contributed by atoms with Crippen molar-refractivity contribution in [3.63, 3.8) is 0 Å². The first-order valence-electron chi connectivity index (χ1n) is 7.50. The van der Waals surface area contributed by atoms with Crippen LogP contribution in [0.3, 0.4) is 0 Å². The molecule has 1 aromatic carbocycles. The number of thioether (sulfide) groups is 1. The lowest BCUT2D eigenvalue weighted by Crippen LogP contribution is -2.11. The topological polar surface area (TPSA) is 67.0 Å². The predicted molar refractivity (Wildman–Crippen MR) is 107 cm³/mol. The van der Waals surface area contributed by atoms with Gasteiger partial charge in [-0.1, -0.05) is 35.0 Å². The molecular formula is C18H10Cl2N2O2S2. The molecule has 1 aliphatic heterocycles. The molecule has 0 radical (unpaired) electrons. The molecule has 3 heterocycles. The van der Waals surface area contributed by atoms with Crippen molar-refractivity contribution in [3.05, 3.63) is 67.6 Å². The third-order valence-electron chi connectivity index (χ3n) is 3.78. The zero-order chi connectivity index (χ0) is 18.3. The summed E-state index contributed by atoms with van der Waals surface area (Å²) in [5.74, 6) is 0.336. The average Bonchev–Trinajstić information content (AvgIpc) is 3.33. The number of benzene rings is 1. The lowest BCUT2D eigenvalue weighted by Gasteiger charge is -2.01. The normalized spacial score (nSPS) is 18.8. The second kappa shape index (κ2) is 7.04. The van der Waals surface area contributed by atoms with Crippen LogP contribution in [-0.2, 0) is 4.79 Å². The van der Waals surface area contributed by atoms with Crippen LogP contribution >= 0.6 is 46.3 Å². The minimum absolute atomic E-state index is 0.131. The van der Waals surface area contributed by atoms with Crippen molar-refractivity contribution in [2.45, 2.75) is 5.92 Å². The van der Waals surface area contributed by atoms with Gasteiger partial charge in [-0.05, 0) is 36.4 Å². The number of aromatic nitrogens is 1. The van der Waals surface area contributed by atoms with Crippen LogP contribution in [0, 0.1) is 5.41 Å². The van der Waals surface area contributed by atoms with Crippen molar-refractivity contribution >= 4 is 63.2 Å². The van der Waals surface area contributed by atoms with Crippen molar-refractivity contribution in [2.75, 3.05) is 0 Å². The van der Waals surface area contributed by atoms with Gasteiger partial charge >= 0.3 is 0 Å². The van der Waals surface area contributed by atoms with Gasteiger partial charge in [0.1, 0.15) is 22.4 Å². The average molecular weight is 421 g/mol. The van der Waals surface area contributed by atoms with Crippen LogP contribution < -0.4 is 0 Å². The van der Waals surface area contributed by atoms with Crippen LogP contribution in [0.15, 0.2) is 51.2 Å². The second-order valence-corrected chi connectivity index (χ2v) is 8.32. The van der Waals surface area contributed by atoms with Crippen molar-refractivity contribution < 1.29 is 9.21 Å². The summed E-state index contributed by atoms with van der Waals surface area (Å²) in [6.45, 7) is 0. The minimum atomic E-state index is -0.608. The number of thiazole rings is 1. The Balaban J connectivity index is 1.64. The van der Waals surface area contributed by atoms with Crippen LogP contribution in [0.2, 0.25) is 10.0 Å². The van der Waals surface area contributed by atoms with Crippen molar-refractivity contribution in [3.8, 4) is 11.3 Å². The number of furan rings is 1. The summed E-state index contributed by atoms with van der Waals surface area (Å²) < 4.78 is 5.81. The van der Waals surface area contributed by atoms with Crippen LogP contribution in [0.5, 0.6) is 0 Å². The lowest BCUT2D eigenvalue weighted by molar-refractivity contribution is -0.114. The van der Waals surface area contributed by atoms with Gasteiger partial charge in [0.15, 0.2) is 5.78 Å². The first-order chi connectivity index (χ1) is 12.5. The van der Waals surface area contributed by atoms with Crippen LogP contribution in [0.1, 0.15) is 16.7 Å². The number of carbonyl (C=O) groups excluding carboxylic acids is 1. The van der Waals surface area contributed by atoms with Gasteiger partial charge in [0, 0.05) is 22.2 Å². The second-order valence-electron chi connectivity index (χ2n) is 5.47. The fraction of sp³-hybridized carbons (Fsp3) is 0.0556. The monoisotopic (exact) mass is 420 g/mol. The molecule has 4 nitrogen and oxygen atoms in total. The quantitative estimate of drug-likeness (QED) is 0.517. The Kier molecular flexibility index (Phi) is 4.75. The Morgan fingerprint density at radius 3 is 2.85 bits per heavy atom. The summed E-state index contributed by atoms with van der Waals surface area (Å²) in [4.78, 5) is 17.3. The maximum absolute atomic E-state index is 12.7. The Morgan fingerprint density at radius 2 is 2.08 bits per heavy atom. The summed E-state index contributed by atoms with van der Waals surface area (Å²) >= 11 is 14.7. The van der Waals surface area contributed by atoms with Gasteiger partial charge in [-0.25, -0.2) is 4.98 Å². The maximum atomic E-state index is 12.7. The summed E-state index contributed by atoms with van der Waals surface area (Å²) in [7, 11) is 0. The first-order valence-corrected chi connectivity index (χ1v) is 9.95. The number of nitrogens with zero attached hydrogens (tertiary/aromatic N) is 1.